The van der Waals surface area contributed by atoms with Gasteiger partial charge in [0.05, 0.1) is 0 Å². The molecule has 0 spiro atoms. The maximum absolute atomic E-state index is 12.4. The minimum atomic E-state index is -0.430. The maximum atomic E-state index is 12.4. The molecule has 1 saturated heterocycles. The fraction of sp³-hybridized carbons (Fsp3) is 0.200. The van der Waals surface area contributed by atoms with E-state index in [1.54, 1.807) is 6.08 Å². The first-order chi connectivity index (χ1) is 12.3. The second-order valence-corrected chi connectivity index (χ2v) is 6.72. The first kappa shape index (κ1) is 18.0. The number of hydrogen-bond acceptors (Lipinski definition) is 2. The van der Waals surface area contributed by atoms with Gasteiger partial charge in [-0.1, -0.05) is 23.7 Å². The lowest BCUT2D eigenvalue weighted by Gasteiger charge is -2.13. The van der Waals surface area contributed by atoms with Crippen molar-refractivity contribution in [2.45, 2.75) is 20.8 Å². The van der Waals surface area contributed by atoms with E-state index in [4.69, 9.17) is 11.6 Å². The number of aromatic nitrogens is 1. The lowest BCUT2D eigenvalue weighted by molar-refractivity contribution is -0.122. The molecule has 1 aromatic carbocycles. The van der Waals surface area contributed by atoms with Crippen LogP contribution in [-0.2, 0) is 4.79 Å². The zero-order valence-corrected chi connectivity index (χ0v) is 15.7. The Kier molecular flexibility index (Phi) is 4.74. The Morgan fingerprint density at radius 2 is 1.92 bits per heavy atom. The van der Waals surface area contributed by atoms with E-state index in [-0.39, 0.29) is 18.1 Å². The number of carbonyl (C=O) groups is 2. The molecule has 0 bridgehead atoms. The number of urea groups is 1. The normalized spacial score (nSPS) is 15.7. The van der Waals surface area contributed by atoms with Crippen molar-refractivity contribution in [1.82, 2.24) is 14.8 Å². The molecule has 1 N–H and O–H groups in total. The maximum Gasteiger partial charge on any atom is 0.329 e. The number of nitrogens with zero attached hydrogens (tertiary/aromatic N) is 2. The van der Waals surface area contributed by atoms with E-state index >= 15 is 0 Å². The molecule has 0 unspecified atom stereocenters. The molecule has 26 heavy (non-hydrogen) atoms. The molecule has 2 heterocycles. The van der Waals surface area contributed by atoms with Crippen LogP contribution >= 0.6 is 11.6 Å². The molecule has 1 fully saturated rings. The van der Waals surface area contributed by atoms with Crippen LogP contribution in [0.2, 0.25) is 5.02 Å². The fourth-order valence-corrected chi connectivity index (χ4v) is 3.32. The number of benzene rings is 1. The van der Waals surface area contributed by atoms with Gasteiger partial charge in [0.15, 0.2) is 0 Å². The minimum Gasteiger partial charge on any atom is -0.318 e. The average molecular weight is 370 g/mol. The van der Waals surface area contributed by atoms with E-state index in [1.165, 1.54) is 6.08 Å². The predicted molar refractivity (Wildman–Crippen MR) is 103 cm³/mol. The van der Waals surface area contributed by atoms with Crippen molar-refractivity contribution in [3.63, 3.8) is 0 Å². The zero-order valence-electron chi connectivity index (χ0n) is 15.0. The van der Waals surface area contributed by atoms with Crippen LogP contribution in [0, 0.1) is 20.8 Å². The largest absolute Gasteiger partial charge is 0.329 e. The first-order valence-electron chi connectivity index (χ1n) is 8.24. The Balaban J connectivity index is 2.04. The lowest BCUT2D eigenvalue weighted by Crippen LogP contribution is -2.30. The highest BCUT2D eigenvalue weighted by atomic mass is 35.5. The molecule has 3 amide bonds. The SMILES string of the molecule is C=CCN1C(=O)N/C(=C/c2cc(C)n(-c3cc(Cl)ccc3C)c2C)C1=O. The van der Waals surface area contributed by atoms with Crippen LogP contribution < -0.4 is 5.32 Å². The molecule has 1 aliphatic rings. The van der Waals surface area contributed by atoms with Crippen molar-refractivity contribution in [3.8, 4) is 5.69 Å². The van der Waals surface area contributed by atoms with Crippen LogP contribution in [0.1, 0.15) is 22.5 Å². The van der Waals surface area contributed by atoms with Gasteiger partial charge >= 0.3 is 6.03 Å². The monoisotopic (exact) mass is 369 g/mol. The molecule has 0 atom stereocenters. The molecule has 0 saturated carbocycles. The third-order valence-electron chi connectivity index (χ3n) is 4.46. The topological polar surface area (TPSA) is 54.3 Å². The minimum absolute atomic E-state index is 0.183. The van der Waals surface area contributed by atoms with Crippen molar-refractivity contribution in [2.24, 2.45) is 0 Å². The summed E-state index contributed by atoms with van der Waals surface area (Å²) in [7, 11) is 0. The van der Waals surface area contributed by atoms with Crippen LogP contribution in [0.5, 0.6) is 0 Å². The number of aryl methyl sites for hydroxylation is 2. The van der Waals surface area contributed by atoms with E-state index < -0.39 is 6.03 Å². The predicted octanol–water partition coefficient (Wildman–Crippen LogP) is 4.13. The van der Waals surface area contributed by atoms with Gasteiger partial charge in [-0.05, 0) is 56.2 Å². The number of nitrogens with one attached hydrogen (secondary N) is 1. The van der Waals surface area contributed by atoms with Crippen LogP contribution in [-0.4, -0.2) is 28.0 Å². The summed E-state index contributed by atoms with van der Waals surface area (Å²) in [5.41, 5.74) is 5.19. The smallest absolute Gasteiger partial charge is 0.318 e. The van der Waals surface area contributed by atoms with E-state index in [0.29, 0.717) is 5.02 Å². The zero-order chi connectivity index (χ0) is 19.0. The number of amides is 3. The first-order valence-corrected chi connectivity index (χ1v) is 8.62. The quantitative estimate of drug-likeness (QED) is 0.500. The molecule has 1 aromatic heterocycles. The van der Waals surface area contributed by atoms with E-state index in [1.807, 2.05) is 45.0 Å². The Morgan fingerprint density at radius 1 is 1.19 bits per heavy atom. The van der Waals surface area contributed by atoms with Gasteiger partial charge in [0.2, 0.25) is 0 Å². The lowest BCUT2D eigenvalue weighted by atomic mass is 10.2. The fourth-order valence-electron chi connectivity index (χ4n) is 3.15. The van der Waals surface area contributed by atoms with Crippen molar-refractivity contribution >= 4 is 29.6 Å². The highest BCUT2D eigenvalue weighted by Crippen LogP contribution is 2.27. The number of rotatable bonds is 4. The van der Waals surface area contributed by atoms with Gasteiger partial charge in [-0.15, -0.1) is 6.58 Å². The second-order valence-electron chi connectivity index (χ2n) is 6.29. The summed E-state index contributed by atoms with van der Waals surface area (Å²) in [5.74, 6) is -0.348. The molecule has 3 rings (SSSR count). The van der Waals surface area contributed by atoms with Crippen molar-refractivity contribution in [1.29, 1.82) is 0 Å². The summed E-state index contributed by atoms with van der Waals surface area (Å²) in [4.78, 5) is 25.4. The summed E-state index contributed by atoms with van der Waals surface area (Å²) < 4.78 is 2.09. The number of halogens is 1. The van der Waals surface area contributed by atoms with E-state index in [0.717, 1.165) is 33.1 Å². The van der Waals surface area contributed by atoms with Crippen LogP contribution in [0.15, 0.2) is 42.6 Å². The van der Waals surface area contributed by atoms with Gasteiger partial charge in [0.1, 0.15) is 5.70 Å². The summed E-state index contributed by atoms with van der Waals surface area (Å²) in [6, 6.07) is 7.31. The van der Waals surface area contributed by atoms with Crippen molar-refractivity contribution in [3.05, 3.63) is 70.2 Å². The summed E-state index contributed by atoms with van der Waals surface area (Å²) in [6.45, 7) is 9.75. The van der Waals surface area contributed by atoms with E-state index in [9.17, 15) is 9.59 Å². The summed E-state index contributed by atoms with van der Waals surface area (Å²) in [6.07, 6.45) is 3.23. The highest BCUT2D eigenvalue weighted by molar-refractivity contribution is 6.30. The Labute approximate surface area is 157 Å². The summed E-state index contributed by atoms with van der Waals surface area (Å²) >= 11 is 6.17. The highest BCUT2D eigenvalue weighted by Gasteiger charge is 2.32. The van der Waals surface area contributed by atoms with Crippen LogP contribution in [0.25, 0.3) is 11.8 Å². The average Bonchev–Trinajstić information content (AvgIpc) is 3.01. The Bertz CT molecular complexity index is 956. The number of carbonyl (C=O) groups excluding carboxylic acids is 2. The molecule has 0 aliphatic carbocycles. The third-order valence-corrected chi connectivity index (χ3v) is 4.69. The Hall–Kier alpha value is -2.79. The number of hydrogen-bond donors (Lipinski definition) is 1. The molecular formula is C20H20ClN3O2. The van der Waals surface area contributed by atoms with Gasteiger partial charge in [-0.25, -0.2) is 4.79 Å². The van der Waals surface area contributed by atoms with Gasteiger partial charge < -0.3 is 9.88 Å². The van der Waals surface area contributed by atoms with Gasteiger partial charge in [-0.2, -0.15) is 0 Å². The van der Waals surface area contributed by atoms with Crippen LogP contribution in [0.3, 0.4) is 0 Å². The molecule has 6 heteroatoms. The van der Waals surface area contributed by atoms with Gasteiger partial charge in [-0.3, -0.25) is 9.69 Å². The number of imide groups is 1. The van der Waals surface area contributed by atoms with Crippen molar-refractivity contribution < 1.29 is 9.59 Å². The third kappa shape index (κ3) is 3.06. The van der Waals surface area contributed by atoms with Crippen LogP contribution in [0.4, 0.5) is 4.79 Å². The molecule has 2 aromatic rings. The Morgan fingerprint density at radius 3 is 2.62 bits per heavy atom. The summed E-state index contributed by atoms with van der Waals surface area (Å²) in [5, 5.41) is 3.29. The standard InChI is InChI=1S/C20H20ClN3O2/c1-5-8-23-19(25)17(22-20(23)26)10-15-9-13(3)24(14(15)4)18-11-16(21)7-6-12(18)2/h5-7,9-11H,1,8H2,2-4H3,(H,22,26)/b17-10+. The molecule has 1 aliphatic heterocycles. The molecular weight excluding hydrogens is 350 g/mol. The van der Waals surface area contributed by atoms with Gasteiger partial charge in [0.25, 0.3) is 5.91 Å². The van der Waals surface area contributed by atoms with Crippen molar-refractivity contribution in [2.75, 3.05) is 6.54 Å². The van der Waals surface area contributed by atoms with E-state index in [2.05, 4.69) is 16.5 Å². The molecule has 134 valence electrons. The van der Waals surface area contributed by atoms with Gasteiger partial charge in [0, 0.05) is 28.6 Å². The molecule has 5 nitrogen and oxygen atoms in total. The molecule has 0 radical (unpaired) electrons. The second kappa shape index (κ2) is 6.84.